The van der Waals surface area contributed by atoms with Gasteiger partial charge in [0.05, 0.1) is 19.6 Å². The van der Waals surface area contributed by atoms with Crippen molar-refractivity contribution in [3.8, 4) is 0 Å². The molecule has 1 aromatic heterocycles. The van der Waals surface area contributed by atoms with Crippen LogP contribution in [0, 0.1) is 6.92 Å². The summed E-state index contributed by atoms with van der Waals surface area (Å²) in [5.74, 6) is 0. The average Bonchev–Trinajstić information content (AvgIpc) is 2.54. The highest BCUT2D eigenvalue weighted by atomic mass is 16.2. The molecule has 0 radical (unpaired) electrons. The molecule has 23 heavy (non-hydrogen) atoms. The zero-order valence-electron chi connectivity index (χ0n) is 13.1. The molecule has 0 aliphatic rings. The van der Waals surface area contributed by atoms with Crippen molar-refractivity contribution in [1.29, 1.82) is 0 Å². The Hall–Kier alpha value is -2.89. The lowest BCUT2D eigenvalue weighted by Crippen LogP contribution is -2.54. The summed E-state index contributed by atoms with van der Waals surface area (Å²) < 4.78 is 3.04. The molecular weight excluding hydrogens is 294 g/mol. The van der Waals surface area contributed by atoms with Gasteiger partial charge in [0.1, 0.15) is 0 Å². The monoisotopic (exact) mass is 313 g/mol. The summed E-state index contributed by atoms with van der Waals surface area (Å²) in [6, 6.07) is 7.51. The molecule has 0 saturated heterocycles. The first-order chi connectivity index (χ1) is 11.0. The van der Waals surface area contributed by atoms with Gasteiger partial charge >= 0.3 is 17.1 Å². The summed E-state index contributed by atoms with van der Waals surface area (Å²) in [6.45, 7) is 9.24. The van der Waals surface area contributed by atoms with Gasteiger partial charge in [-0.1, -0.05) is 42.0 Å². The van der Waals surface area contributed by atoms with E-state index in [1.165, 1.54) is 12.2 Å². The van der Waals surface area contributed by atoms with E-state index < -0.39 is 17.1 Å². The van der Waals surface area contributed by atoms with Crippen molar-refractivity contribution >= 4 is 0 Å². The molecule has 6 nitrogen and oxygen atoms in total. The third-order valence-corrected chi connectivity index (χ3v) is 3.47. The number of hydrogen-bond donors (Lipinski definition) is 0. The molecule has 6 heteroatoms. The second kappa shape index (κ2) is 6.91. The Kier molecular flexibility index (Phi) is 4.95. The lowest BCUT2D eigenvalue weighted by molar-refractivity contribution is 0.498. The Morgan fingerprint density at radius 1 is 0.826 bits per heavy atom. The van der Waals surface area contributed by atoms with Gasteiger partial charge in [-0.15, -0.1) is 13.2 Å². The summed E-state index contributed by atoms with van der Waals surface area (Å²) in [4.78, 5) is 37.2. The SMILES string of the molecule is C=CCn1c(=O)n(CC=C)c(=O)n(Cc2ccc(C)cc2)c1=O. The summed E-state index contributed by atoms with van der Waals surface area (Å²) in [6.07, 6.45) is 2.89. The van der Waals surface area contributed by atoms with Crippen LogP contribution in [0.5, 0.6) is 0 Å². The van der Waals surface area contributed by atoms with Gasteiger partial charge in [0, 0.05) is 0 Å². The van der Waals surface area contributed by atoms with Crippen LogP contribution in [0.4, 0.5) is 0 Å². The maximum atomic E-state index is 12.5. The molecule has 120 valence electrons. The predicted molar refractivity (Wildman–Crippen MR) is 89.9 cm³/mol. The van der Waals surface area contributed by atoms with E-state index in [-0.39, 0.29) is 19.6 Å². The van der Waals surface area contributed by atoms with Crippen molar-refractivity contribution in [3.63, 3.8) is 0 Å². The fourth-order valence-electron chi connectivity index (χ4n) is 2.26. The van der Waals surface area contributed by atoms with Crippen molar-refractivity contribution in [2.45, 2.75) is 26.6 Å². The highest BCUT2D eigenvalue weighted by Crippen LogP contribution is 2.03. The first kappa shape index (κ1) is 16.5. The van der Waals surface area contributed by atoms with E-state index in [2.05, 4.69) is 13.2 Å². The maximum absolute atomic E-state index is 12.5. The smallest absolute Gasteiger partial charge is 0.247 e. The molecular formula is C17H19N3O3. The van der Waals surface area contributed by atoms with Crippen LogP contribution in [0.2, 0.25) is 0 Å². The normalized spacial score (nSPS) is 10.5. The molecule has 0 bridgehead atoms. The molecule has 0 saturated carbocycles. The molecule has 2 rings (SSSR count). The Bertz CT molecular complexity index is 850. The highest BCUT2D eigenvalue weighted by molar-refractivity contribution is 5.21. The summed E-state index contributed by atoms with van der Waals surface area (Å²) in [7, 11) is 0. The Labute approximate surface area is 133 Å². The average molecular weight is 313 g/mol. The van der Waals surface area contributed by atoms with Gasteiger partial charge in [-0.05, 0) is 12.5 Å². The van der Waals surface area contributed by atoms with Crippen LogP contribution in [0.1, 0.15) is 11.1 Å². The van der Waals surface area contributed by atoms with Crippen molar-refractivity contribution in [3.05, 3.63) is 92.2 Å². The number of allylic oxidation sites excluding steroid dienone is 2. The highest BCUT2D eigenvalue weighted by Gasteiger charge is 2.14. The molecule has 2 aromatic rings. The minimum absolute atomic E-state index is 0.0446. The van der Waals surface area contributed by atoms with Crippen molar-refractivity contribution in [1.82, 2.24) is 13.7 Å². The number of aromatic nitrogens is 3. The van der Waals surface area contributed by atoms with Crippen LogP contribution in [0.15, 0.2) is 64.0 Å². The zero-order chi connectivity index (χ0) is 17.0. The number of rotatable bonds is 6. The van der Waals surface area contributed by atoms with Gasteiger partial charge in [-0.2, -0.15) is 0 Å². The van der Waals surface area contributed by atoms with E-state index in [9.17, 15) is 14.4 Å². The largest absolute Gasteiger partial charge is 0.336 e. The molecule has 0 N–H and O–H groups in total. The molecule has 0 fully saturated rings. The summed E-state index contributed by atoms with van der Waals surface area (Å²) >= 11 is 0. The van der Waals surface area contributed by atoms with Gasteiger partial charge in [-0.25, -0.2) is 28.1 Å². The third-order valence-electron chi connectivity index (χ3n) is 3.47. The van der Waals surface area contributed by atoms with Crippen LogP contribution in [-0.4, -0.2) is 13.7 Å². The topological polar surface area (TPSA) is 66.0 Å². The van der Waals surface area contributed by atoms with E-state index in [0.717, 1.165) is 24.8 Å². The molecule has 0 spiro atoms. The van der Waals surface area contributed by atoms with Gasteiger partial charge in [0.2, 0.25) is 0 Å². The van der Waals surface area contributed by atoms with Gasteiger partial charge in [0.15, 0.2) is 0 Å². The van der Waals surface area contributed by atoms with E-state index in [4.69, 9.17) is 0 Å². The molecule has 0 aliphatic heterocycles. The van der Waals surface area contributed by atoms with E-state index >= 15 is 0 Å². The van der Waals surface area contributed by atoms with Crippen LogP contribution in [-0.2, 0) is 19.6 Å². The third kappa shape index (κ3) is 3.31. The Morgan fingerprint density at radius 3 is 1.70 bits per heavy atom. The first-order valence-corrected chi connectivity index (χ1v) is 7.21. The lowest BCUT2D eigenvalue weighted by atomic mass is 10.1. The van der Waals surface area contributed by atoms with Crippen LogP contribution >= 0.6 is 0 Å². The second-order valence-corrected chi connectivity index (χ2v) is 5.22. The molecule has 0 unspecified atom stereocenters. The minimum atomic E-state index is -0.653. The molecule has 0 atom stereocenters. The molecule has 1 aromatic carbocycles. The van der Waals surface area contributed by atoms with Crippen molar-refractivity contribution in [2.75, 3.05) is 0 Å². The maximum Gasteiger partial charge on any atom is 0.336 e. The Balaban J connectivity index is 2.66. The number of benzene rings is 1. The van der Waals surface area contributed by atoms with Crippen LogP contribution in [0.25, 0.3) is 0 Å². The van der Waals surface area contributed by atoms with Crippen LogP contribution in [0.3, 0.4) is 0 Å². The quantitative estimate of drug-likeness (QED) is 0.744. The number of nitrogens with zero attached hydrogens (tertiary/aromatic N) is 3. The van der Waals surface area contributed by atoms with Crippen LogP contribution < -0.4 is 17.1 Å². The summed E-state index contributed by atoms with van der Waals surface area (Å²) in [5, 5.41) is 0. The zero-order valence-corrected chi connectivity index (χ0v) is 13.1. The molecule has 0 amide bonds. The van der Waals surface area contributed by atoms with E-state index in [0.29, 0.717) is 0 Å². The van der Waals surface area contributed by atoms with Gasteiger partial charge in [-0.3, -0.25) is 0 Å². The molecule has 0 aliphatic carbocycles. The van der Waals surface area contributed by atoms with E-state index in [1.54, 1.807) is 0 Å². The number of hydrogen-bond acceptors (Lipinski definition) is 3. The van der Waals surface area contributed by atoms with Gasteiger partial charge < -0.3 is 0 Å². The summed E-state index contributed by atoms with van der Waals surface area (Å²) in [5.41, 5.74) is -0.0351. The van der Waals surface area contributed by atoms with Crippen molar-refractivity contribution in [2.24, 2.45) is 0 Å². The minimum Gasteiger partial charge on any atom is -0.247 e. The van der Waals surface area contributed by atoms with Gasteiger partial charge in [0.25, 0.3) is 0 Å². The fraction of sp³-hybridized carbons (Fsp3) is 0.235. The second-order valence-electron chi connectivity index (χ2n) is 5.22. The lowest BCUT2D eigenvalue weighted by Gasteiger charge is -2.12. The van der Waals surface area contributed by atoms with Crippen molar-refractivity contribution < 1.29 is 0 Å². The number of aryl methyl sites for hydroxylation is 1. The molecule has 1 heterocycles. The standard InChI is InChI=1S/C17H19N3O3/c1-4-10-18-15(21)19(11-5-2)17(23)20(16(18)22)12-14-8-6-13(3)7-9-14/h4-9H,1-2,10-12H2,3H3. The first-order valence-electron chi connectivity index (χ1n) is 7.21. The predicted octanol–water partition coefficient (Wildman–Crippen LogP) is 0.900. The van der Waals surface area contributed by atoms with E-state index in [1.807, 2.05) is 31.2 Å². The Morgan fingerprint density at radius 2 is 1.26 bits per heavy atom. The fourth-order valence-corrected chi connectivity index (χ4v) is 2.26.